The van der Waals surface area contributed by atoms with Crippen LogP contribution >= 0.6 is 0 Å². The zero-order chi connectivity index (χ0) is 19.7. The highest BCUT2D eigenvalue weighted by atomic mass is 16.3. The number of hydrogen-bond acceptors (Lipinski definition) is 5. The van der Waals surface area contributed by atoms with Gasteiger partial charge in [-0.3, -0.25) is 0 Å². The van der Waals surface area contributed by atoms with Gasteiger partial charge in [0.1, 0.15) is 11.5 Å². The van der Waals surface area contributed by atoms with Crippen molar-refractivity contribution in [3.63, 3.8) is 0 Å². The third-order valence-electron chi connectivity index (χ3n) is 4.67. The van der Waals surface area contributed by atoms with Gasteiger partial charge in [0, 0.05) is 5.57 Å². The lowest BCUT2D eigenvalue weighted by Crippen LogP contribution is -2.03. The monoisotopic (exact) mass is 371 g/mol. The minimum Gasteiger partial charge on any atom is -0.507 e. The molecule has 0 fully saturated rings. The Kier molecular flexibility index (Phi) is 4.65. The maximum absolute atomic E-state index is 10.4. The summed E-state index contributed by atoms with van der Waals surface area (Å²) in [5, 5.41) is 20.7. The van der Waals surface area contributed by atoms with Gasteiger partial charge in [0.25, 0.3) is 0 Å². The summed E-state index contributed by atoms with van der Waals surface area (Å²) < 4.78 is 0. The summed E-state index contributed by atoms with van der Waals surface area (Å²) in [6.45, 7) is 3.90. The summed E-state index contributed by atoms with van der Waals surface area (Å²) >= 11 is 0. The normalized spacial score (nSPS) is 13.4. The van der Waals surface area contributed by atoms with Crippen molar-refractivity contribution in [2.45, 2.75) is 26.7 Å². The fourth-order valence-electron chi connectivity index (χ4n) is 3.18. The minimum atomic E-state index is 0.107. The quantitative estimate of drug-likeness (QED) is 0.680. The lowest BCUT2D eigenvalue weighted by Gasteiger charge is -2.12. The van der Waals surface area contributed by atoms with Gasteiger partial charge in [-0.05, 0) is 51.0 Å². The predicted octanol–water partition coefficient (Wildman–Crippen LogP) is 4.97. The molecule has 0 amide bonds. The topological polar surface area (TPSA) is 79.1 Å². The smallest absolute Gasteiger partial charge is 0.167 e. The van der Waals surface area contributed by atoms with Crippen LogP contribution in [0.2, 0.25) is 0 Å². The minimum absolute atomic E-state index is 0.107. The number of aromatic hydroxyl groups is 2. The van der Waals surface area contributed by atoms with Crippen LogP contribution in [0, 0.1) is 13.8 Å². The highest BCUT2D eigenvalue weighted by Gasteiger charge is 2.17. The Hall–Kier alpha value is -3.47. The summed E-state index contributed by atoms with van der Waals surface area (Å²) in [6, 6.07) is 10.6. The zero-order valence-electron chi connectivity index (χ0n) is 15.8. The second-order valence-corrected chi connectivity index (χ2v) is 6.99. The Morgan fingerprint density at radius 3 is 1.75 bits per heavy atom. The Bertz CT molecular complexity index is 1050. The fraction of sp³-hybridized carbons (Fsp3) is 0.174. The molecule has 140 valence electrons. The number of aryl methyl sites for hydroxylation is 2. The number of phenolic OH excluding ortho intramolecular Hbond substituents is 2. The third-order valence-corrected chi connectivity index (χ3v) is 4.67. The summed E-state index contributed by atoms with van der Waals surface area (Å²) in [6.07, 6.45) is 8.10. The van der Waals surface area contributed by atoms with E-state index >= 15 is 0 Å². The summed E-state index contributed by atoms with van der Waals surface area (Å²) in [7, 11) is 0. The molecule has 0 bridgehead atoms. The first-order valence-electron chi connectivity index (χ1n) is 9.24. The Morgan fingerprint density at radius 2 is 1.25 bits per heavy atom. The summed E-state index contributed by atoms with van der Waals surface area (Å²) in [4.78, 5) is 13.8. The SMILES string of the molecule is Cc1ccc(O)c(-c2nc(C3=CCCC=C3)nc(-c3cc(C)ccc3O)n2)c1. The summed E-state index contributed by atoms with van der Waals surface area (Å²) in [5.41, 5.74) is 3.98. The second-order valence-electron chi connectivity index (χ2n) is 6.99. The Balaban J connectivity index is 1.96. The predicted molar refractivity (Wildman–Crippen MR) is 110 cm³/mol. The number of allylic oxidation sites excluding steroid dienone is 4. The highest BCUT2D eigenvalue weighted by molar-refractivity contribution is 5.75. The molecule has 2 N–H and O–H groups in total. The maximum Gasteiger partial charge on any atom is 0.167 e. The van der Waals surface area contributed by atoms with E-state index in [1.807, 2.05) is 44.2 Å². The van der Waals surface area contributed by atoms with Gasteiger partial charge in [-0.15, -0.1) is 0 Å². The second kappa shape index (κ2) is 7.27. The van der Waals surface area contributed by atoms with Crippen LogP contribution in [-0.4, -0.2) is 25.2 Å². The molecule has 0 saturated carbocycles. The van der Waals surface area contributed by atoms with Crippen LogP contribution in [0.5, 0.6) is 11.5 Å². The Morgan fingerprint density at radius 1 is 0.714 bits per heavy atom. The van der Waals surface area contributed by atoms with E-state index in [-0.39, 0.29) is 11.5 Å². The van der Waals surface area contributed by atoms with Crippen molar-refractivity contribution in [2.75, 3.05) is 0 Å². The van der Waals surface area contributed by atoms with Crippen LogP contribution < -0.4 is 0 Å². The summed E-state index contributed by atoms with van der Waals surface area (Å²) in [5.74, 6) is 1.49. The molecule has 0 radical (unpaired) electrons. The van der Waals surface area contributed by atoms with E-state index in [1.165, 1.54) is 0 Å². The van der Waals surface area contributed by atoms with E-state index in [4.69, 9.17) is 0 Å². The Labute approximate surface area is 163 Å². The van der Waals surface area contributed by atoms with Gasteiger partial charge in [0.2, 0.25) is 0 Å². The van der Waals surface area contributed by atoms with E-state index in [2.05, 4.69) is 27.1 Å². The number of phenols is 2. The van der Waals surface area contributed by atoms with Crippen molar-refractivity contribution < 1.29 is 10.2 Å². The largest absolute Gasteiger partial charge is 0.507 e. The van der Waals surface area contributed by atoms with Crippen molar-refractivity contribution in [1.82, 2.24) is 15.0 Å². The molecule has 0 saturated heterocycles. The van der Waals surface area contributed by atoms with Crippen molar-refractivity contribution in [3.05, 3.63) is 71.6 Å². The molecule has 28 heavy (non-hydrogen) atoms. The van der Waals surface area contributed by atoms with E-state index in [0.29, 0.717) is 28.6 Å². The molecule has 2 aromatic carbocycles. The molecular formula is C23H21N3O2. The van der Waals surface area contributed by atoms with E-state index < -0.39 is 0 Å². The van der Waals surface area contributed by atoms with Gasteiger partial charge in [0.15, 0.2) is 17.5 Å². The first-order valence-corrected chi connectivity index (χ1v) is 9.24. The lowest BCUT2D eigenvalue weighted by atomic mass is 10.1. The molecule has 0 atom stereocenters. The number of benzene rings is 2. The number of rotatable bonds is 3. The van der Waals surface area contributed by atoms with Gasteiger partial charge in [0.05, 0.1) is 11.1 Å². The average molecular weight is 371 g/mol. The van der Waals surface area contributed by atoms with Gasteiger partial charge < -0.3 is 10.2 Å². The number of nitrogens with zero attached hydrogens (tertiary/aromatic N) is 3. The van der Waals surface area contributed by atoms with Gasteiger partial charge in [-0.2, -0.15) is 0 Å². The van der Waals surface area contributed by atoms with Crippen LogP contribution in [0.15, 0.2) is 54.6 Å². The van der Waals surface area contributed by atoms with Gasteiger partial charge in [-0.25, -0.2) is 15.0 Å². The van der Waals surface area contributed by atoms with Crippen LogP contribution in [0.3, 0.4) is 0 Å². The molecule has 1 aliphatic rings. The van der Waals surface area contributed by atoms with Gasteiger partial charge in [-0.1, -0.05) is 41.5 Å². The van der Waals surface area contributed by atoms with E-state index in [9.17, 15) is 10.2 Å². The highest BCUT2D eigenvalue weighted by Crippen LogP contribution is 2.33. The molecule has 1 aromatic heterocycles. The first-order chi connectivity index (χ1) is 13.5. The van der Waals surface area contributed by atoms with Crippen LogP contribution in [-0.2, 0) is 0 Å². The van der Waals surface area contributed by atoms with Crippen LogP contribution in [0.1, 0.15) is 29.8 Å². The fourth-order valence-corrected chi connectivity index (χ4v) is 3.18. The standard InChI is InChI=1S/C23H21N3O2/c1-14-8-10-19(27)17(12-14)22-24-21(16-6-4-3-5-7-16)25-23(26-22)18-13-15(2)9-11-20(18)28/h4,6-13,27-28H,3,5H2,1-2H3. The first kappa shape index (κ1) is 17.9. The molecule has 5 nitrogen and oxygen atoms in total. The number of aromatic nitrogens is 3. The molecule has 5 heteroatoms. The zero-order valence-corrected chi connectivity index (χ0v) is 15.8. The molecule has 1 aliphatic carbocycles. The number of hydrogen-bond donors (Lipinski definition) is 2. The van der Waals surface area contributed by atoms with Crippen LogP contribution in [0.25, 0.3) is 28.3 Å². The average Bonchev–Trinajstić information content (AvgIpc) is 2.72. The molecule has 3 aromatic rings. The molecular weight excluding hydrogens is 350 g/mol. The van der Waals surface area contributed by atoms with E-state index in [1.54, 1.807) is 12.1 Å². The van der Waals surface area contributed by atoms with Crippen molar-refractivity contribution in [3.8, 4) is 34.3 Å². The molecule has 0 unspecified atom stereocenters. The molecule has 0 spiro atoms. The van der Waals surface area contributed by atoms with Crippen molar-refractivity contribution in [1.29, 1.82) is 0 Å². The van der Waals surface area contributed by atoms with Crippen LogP contribution in [0.4, 0.5) is 0 Å². The van der Waals surface area contributed by atoms with E-state index in [0.717, 1.165) is 29.5 Å². The molecule has 4 rings (SSSR count). The maximum atomic E-state index is 10.4. The molecule has 0 aliphatic heterocycles. The molecule has 1 heterocycles. The van der Waals surface area contributed by atoms with Crippen molar-refractivity contribution in [2.24, 2.45) is 0 Å². The third kappa shape index (κ3) is 3.51. The van der Waals surface area contributed by atoms with Gasteiger partial charge >= 0.3 is 0 Å². The van der Waals surface area contributed by atoms with Crippen molar-refractivity contribution >= 4 is 5.57 Å². The lowest BCUT2D eigenvalue weighted by molar-refractivity contribution is 0.476.